The van der Waals surface area contributed by atoms with E-state index in [0.717, 1.165) is 48.4 Å². The van der Waals surface area contributed by atoms with Crippen molar-refractivity contribution in [3.05, 3.63) is 90.2 Å². The van der Waals surface area contributed by atoms with Gasteiger partial charge in [-0.25, -0.2) is 9.78 Å². The molecule has 9 nitrogen and oxygen atoms in total. The molecule has 0 aliphatic carbocycles. The number of anilines is 4. The first-order valence-corrected chi connectivity index (χ1v) is 13.4. The van der Waals surface area contributed by atoms with Crippen LogP contribution in [-0.4, -0.2) is 58.8 Å². The van der Waals surface area contributed by atoms with Crippen LogP contribution in [0.1, 0.15) is 0 Å². The molecule has 2 amide bonds. The number of nitrogens with two attached hydrogens (primary N) is 1. The van der Waals surface area contributed by atoms with E-state index in [0.29, 0.717) is 27.9 Å². The summed E-state index contributed by atoms with van der Waals surface area (Å²) in [7, 11) is 2.16. The number of piperazine rings is 1. The number of rotatable bonds is 5. The summed E-state index contributed by atoms with van der Waals surface area (Å²) in [5.41, 5.74) is 13.2. The van der Waals surface area contributed by atoms with Crippen molar-refractivity contribution < 1.29 is 4.79 Å². The van der Waals surface area contributed by atoms with Gasteiger partial charge in [0.2, 0.25) is 0 Å². The monoisotopic (exact) mass is 552 g/mol. The topological polar surface area (TPSA) is 104 Å². The lowest BCUT2D eigenvalue weighted by Gasteiger charge is -2.34. The first-order chi connectivity index (χ1) is 19.5. The van der Waals surface area contributed by atoms with E-state index in [2.05, 4.69) is 56.8 Å². The maximum Gasteiger partial charge on any atom is 0.323 e. The minimum Gasteiger partial charge on any atom is -0.383 e. The molecule has 0 saturated carbocycles. The van der Waals surface area contributed by atoms with E-state index in [1.165, 1.54) is 5.69 Å². The second-order valence-electron chi connectivity index (χ2n) is 9.83. The molecule has 4 N–H and O–H groups in total. The molecule has 10 heteroatoms. The van der Waals surface area contributed by atoms with Crippen molar-refractivity contribution in [2.75, 3.05) is 54.5 Å². The van der Waals surface area contributed by atoms with Crippen LogP contribution in [-0.2, 0) is 0 Å². The first-order valence-electron chi connectivity index (χ1n) is 13.1. The molecule has 40 heavy (non-hydrogen) atoms. The second-order valence-corrected chi connectivity index (χ2v) is 10.2. The Balaban J connectivity index is 1.21. The highest BCUT2D eigenvalue weighted by Crippen LogP contribution is 2.32. The van der Waals surface area contributed by atoms with E-state index >= 15 is 0 Å². The summed E-state index contributed by atoms with van der Waals surface area (Å²) in [6.07, 6.45) is 3.59. The fourth-order valence-corrected chi connectivity index (χ4v) is 5.07. The number of halogens is 1. The fraction of sp³-hybridized carbons (Fsp3) is 0.167. The van der Waals surface area contributed by atoms with Crippen LogP contribution in [0.5, 0.6) is 0 Å². The first kappa shape index (κ1) is 25.7. The zero-order valence-electron chi connectivity index (χ0n) is 22.0. The number of nitrogens with zero attached hydrogens (tertiary/aromatic N) is 5. The Bertz CT molecular complexity index is 1680. The molecule has 3 heterocycles. The molecule has 0 unspecified atom stereocenters. The van der Waals surface area contributed by atoms with Crippen molar-refractivity contribution in [1.29, 1.82) is 0 Å². The SMILES string of the molecule is CN1CCN(c2cccc(-c3cnn4c(N)c(-c5ccc(NC(=O)Nc6ccccc6Cl)cc5)cnc34)c2)CC1. The number of aromatic nitrogens is 3. The molecule has 6 rings (SSSR count). The number of fused-ring (bicyclic) bond motifs is 1. The normalized spacial score (nSPS) is 13.9. The minimum atomic E-state index is -0.385. The van der Waals surface area contributed by atoms with Crippen molar-refractivity contribution in [2.45, 2.75) is 0 Å². The summed E-state index contributed by atoms with van der Waals surface area (Å²) >= 11 is 6.13. The number of para-hydroxylation sites is 1. The Labute approximate surface area is 237 Å². The fourth-order valence-electron chi connectivity index (χ4n) is 4.89. The van der Waals surface area contributed by atoms with Gasteiger partial charge in [-0.05, 0) is 54.6 Å². The molecule has 3 aromatic carbocycles. The highest BCUT2D eigenvalue weighted by Gasteiger charge is 2.17. The van der Waals surface area contributed by atoms with Crippen LogP contribution in [0, 0.1) is 0 Å². The van der Waals surface area contributed by atoms with Crippen LogP contribution < -0.4 is 21.3 Å². The maximum atomic E-state index is 12.4. The van der Waals surface area contributed by atoms with Gasteiger partial charge in [0.05, 0.1) is 16.9 Å². The molecule has 5 aromatic rings. The Hall–Kier alpha value is -4.60. The van der Waals surface area contributed by atoms with Crippen LogP contribution in [0.15, 0.2) is 85.2 Å². The van der Waals surface area contributed by atoms with Gasteiger partial charge in [-0.1, -0.05) is 48.0 Å². The third kappa shape index (κ3) is 5.16. The van der Waals surface area contributed by atoms with Crippen LogP contribution in [0.2, 0.25) is 5.02 Å². The number of nitrogens with one attached hydrogen (secondary N) is 2. The minimum absolute atomic E-state index is 0.385. The summed E-state index contributed by atoms with van der Waals surface area (Å²) < 4.78 is 1.68. The number of hydrogen-bond donors (Lipinski definition) is 3. The predicted molar refractivity (Wildman–Crippen MR) is 162 cm³/mol. The Morgan fingerprint density at radius 2 is 1.65 bits per heavy atom. The van der Waals surface area contributed by atoms with Crippen molar-refractivity contribution in [3.63, 3.8) is 0 Å². The number of carbonyl (C=O) groups excluding carboxylic acids is 1. The maximum absolute atomic E-state index is 12.4. The van der Waals surface area contributed by atoms with Gasteiger partial charge < -0.3 is 26.2 Å². The largest absolute Gasteiger partial charge is 0.383 e. The summed E-state index contributed by atoms with van der Waals surface area (Å²) in [5.74, 6) is 0.489. The molecule has 1 aliphatic rings. The predicted octanol–water partition coefficient (Wildman–Crippen LogP) is 5.69. The lowest BCUT2D eigenvalue weighted by molar-refractivity contribution is 0.262. The third-order valence-corrected chi connectivity index (χ3v) is 7.49. The zero-order valence-corrected chi connectivity index (χ0v) is 22.8. The smallest absolute Gasteiger partial charge is 0.323 e. The van der Waals surface area contributed by atoms with Gasteiger partial charge in [-0.15, -0.1) is 0 Å². The van der Waals surface area contributed by atoms with E-state index in [9.17, 15) is 4.79 Å². The molecule has 202 valence electrons. The molecule has 1 fully saturated rings. The number of benzene rings is 3. The van der Waals surface area contributed by atoms with E-state index in [1.54, 1.807) is 35.0 Å². The van der Waals surface area contributed by atoms with Gasteiger partial charge in [0.15, 0.2) is 5.65 Å². The highest BCUT2D eigenvalue weighted by molar-refractivity contribution is 6.33. The van der Waals surface area contributed by atoms with Gasteiger partial charge in [-0.3, -0.25) is 0 Å². The van der Waals surface area contributed by atoms with E-state index in [4.69, 9.17) is 22.3 Å². The molecule has 0 spiro atoms. The zero-order chi connectivity index (χ0) is 27.6. The molecule has 0 radical (unpaired) electrons. The Kier molecular flexibility index (Phi) is 6.98. The summed E-state index contributed by atoms with van der Waals surface area (Å²) in [5, 5.41) is 10.6. The van der Waals surface area contributed by atoms with Gasteiger partial charge in [0.1, 0.15) is 5.82 Å². The number of hydrogen-bond acceptors (Lipinski definition) is 6. The molecular formula is C30H29ClN8O. The average molecular weight is 553 g/mol. The third-order valence-electron chi connectivity index (χ3n) is 7.17. The summed E-state index contributed by atoms with van der Waals surface area (Å²) in [4.78, 5) is 21.9. The van der Waals surface area contributed by atoms with E-state index < -0.39 is 0 Å². The van der Waals surface area contributed by atoms with E-state index in [1.807, 2.05) is 30.5 Å². The molecule has 1 saturated heterocycles. The molecule has 1 aliphatic heterocycles. The molecule has 2 aromatic heterocycles. The van der Waals surface area contributed by atoms with Crippen molar-refractivity contribution in [1.82, 2.24) is 19.5 Å². The summed E-state index contributed by atoms with van der Waals surface area (Å²) in [6.45, 7) is 4.11. The quantitative estimate of drug-likeness (QED) is 0.258. The molecule has 0 bridgehead atoms. The van der Waals surface area contributed by atoms with Crippen LogP contribution in [0.4, 0.5) is 27.7 Å². The average Bonchev–Trinajstić information content (AvgIpc) is 3.41. The van der Waals surface area contributed by atoms with Gasteiger partial charge in [-0.2, -0.15) is 9.61 Å². The van der Waals surface area contributed by atoms with Crippen LogP contribution in [0.25, 0.3) is 27.9 Å². The van der Waals surface area contributed by atoms with Crippen molar-refractivity contribution in [3.8, 4) is 22.3 Å². The van der Waals surface area contributed by atoms with Crippen molar-refractivity contribution >= 4 is 46.2 Å². The van der Waals surface area contributed by atoms with Crippen LogP contribution >= 0.6 is 11.6 Å². The molecule has 0 atom stereocenters. The molecular weight excluding hydrogens is 524 g/mol. The van der Waals surface area contributed by atoms with Gasteiger partial charge >= 0.3 is 6.03 Å². The second kappa shape index (κ2) is 10.9. The lowest BCUT2D eigenvalue weighted by Crippen LogP contribution is -2.44. The Morgan fingerprint density at radius 1 is 0.875 bits per heavy atom. The van der Waals surface area contributed by atoms with Gasteiger partial charge in [0, 0.05) is 54.9 Å². The summed E-state index contributed by atoms with van der Waals surface area (Å²) in [6, 6.07) is 22.6. The Morgan fingerprint density at radius 3 is 2.42 bits per heavy atom. The standard InChI is InChI=1S/C30H29ClN8O/c1-37-13-15-38(16-14-37)23-6-4-5-21(17-23)25-19-34-39-28(32)24(18-33-29(25)39)20-9-11-22(12-10-20)35-30(40)36-27-8-3-2-7-26(27)31/h2-12,17-19H,13-16,32H2,1H3,(H2,35,36,40). The van der Waals surface area contributed by atoms with Crippen molar-refractivity contribution in [2.24, 2.45) is 0 Å². The van der Waals surface area contributed by atoms with Crippen LogP contribution in [0.3, 0.4) is 0 Å². The number of amides is 2. The van der Waals surface area contributed by atoms with Gasteiger partial charge in [0.25, 0.3) is 0 Å². The number of carbonyl (C=O) groups is 1. The number of nitrogen functional groups attached to an aromatic ring is 1. The number of urea groups is 1. The highest BCUT2D eigenvalue weighted by atomic mass is 35.5. The number of likely N-dealkylation sites (N-methyl/N-ethyl adjacent to an activating group) is 1. The lowest BCUT2D eigenvalue weighted by atomic mass is 10.1. The van der Waals surface area contributed by atoms with E-state index in [-0.39, 0.29) is 6.03 Å².